The first-order valence-corrected chi connectivity index (χ1v) is 11.7. The molecule has 3 rings (SSSR count). The largest absolute Gasteiger partial charge is 0.497 e. The van der Waals surface area contributed by atoms with Crippen LogP contribution in [-0.2, 0) is 9.59 Å². The van der Waals surface area contributed by atoms with Gasteiger partial charge in [0.15, 0.2) is 0 Å². The molecule has 0 saturated carbocycles. The first kappa shape index (κ1) is 23.8. The number of amides is 2. The minimum Gasteiger partial charge on any atom is -0.497 e. The summed E-state index contributed by atoms with van der Waals surface area (Å²) in [7, 11) is 1.61. The van der Waals surface area contributed by atoms with Crippen molar-refractivity contribution in [2.24, 2.45) is 0 Å². The lowest BCUT2D eigenvalue weighted by Gasteiger charge is -2.21. The topological polar surface area (TPSA) is 61.9 Å². The van der Waals surface area contributed by atoms with Crippen LogP contribution in [-0.4, -0.2) is 47.8 Å². The van der Waals surface area contributed by atoms with Crippen molar-refractivity contribution in [1.82, 2.24) is 4.90 Å². The van der Waals surface area contributed by atoms with Crippen LogP contribution in [0.5, 0.6) is 5.75 Å². The smallest absolute Gasteiger partial charge is 0.266 e. The zero-order valence-corrected chi connectivity index (χ0v) is 20.1. The van der Waals surface area contributed by atoms with E-state index < -0.39 is 0 Å². The lowest BCUT2D eigenvalue weighted by molar-refractivity contribution is -0.122. The average Bonchev–Trinajstić information content (AvgIpc) is 3.07. The molecule has 1 aliphatic heterocycles. The van der Waals surface area contributed by atoms with Crippen molar-refractivity contribution in [3.8, 4) is 5.75 Å². The number of nitrogens with zero attached hydrogens (tertiary/aromatic N) is 2. The standard InChI is InChI=1S/C24H27N3O3S2/c1-4-26(5-2)19-10-8-18(9-11-19)25-22(28)14-15-27-23(29)21(32-24(27)31)16-17-6-12-20(30-3)13-7-17/h6-13,16H,4-5,14-15H2,1-3H3,(H,25,28)/b21-16-. The molecule has 8 heteroatoms. The highest BCUT2D eigenvalue weighted by Crippen LogP contribution is 2.33. The summed E-state index contributed by atoms with van der Waals surface area (Å²) in [5.74, 6) is 0.421. The van der Waals surface area contributed by atoms with Gasteiger partial charge in [0.25, 0.3) is 5.91 Å². The molecule has 0 radical (unpaired) electrons. The molecule has 1 aliphatic rings. The molecule has 2 aromatic rings. The molecule has 32 heavy (non-hydrogen) atoms. The summed E-state index contributed by atoms with van der Waals surface area (Å²) in [5, 5.41) is 2.89. The van der Waals surface area contributed by atoms with Gasteiger partial charge in [-0.05, 0) is 61.9 Å². The third-order valence-electron chi connectivity index (χ3n) is 5.13. The van der Waals surface area contributed by atoms with E-state index in [1.807, 2.05) is 48.5 Å². The van der Waals surface area contributed by atoms with Crippen molar-refractivity contribution in [2.75, 3.05) is 37.0 Å². The van der Waals surface area contributed by atoms with Gasteiger partial charge in [0.05, 0.1) is 12.0 Å². The Morgan fingerprint density at radius 1 is 1.12 bits per heavy atom. The van der Waals surface area contributed by atoms with Crippen molar-refractivity contribution in [3.05, 3.63) is 59.0 Å². The molecule has 6 nitrogen and oxygen atoms in total. The van der Waals surface area contributed by atoms with E-state index in [0.717, 1.165) is 35.8 Å². The summed E-state index contributed by atoms with van der Waals surface area (Å²) in [6.45, 7) is 6.32. The van der Waals surface area contributed by atoms with Gasteiger partial charge in [-0.1, -0.05) is 36.1 Å². The fourth-order valence-corrected chi connectivity index (χ4v) is 4.63. The van der Waals surface area contributed by atoms with E-state index in [1.165, 1.54) is 16.7 Å². The number of nitrogens with one attached hydrogen (secondary N) is 1. The third kappa shape index (κ3) is 5.89. The van der Waals surface area contributed by atoms with E-state index in [-0.39, 0.29) is 24.8 Å². The number of carbonyl (C=O) groups excluding carboxylic acids is 2. The second-order valence-corrected chi connectivity index (χ2v) is 8.80. The molecule has 0 aromatic heterocycles. The van der Waals surface area contributed by atoms with Gasteiger partial charge in [-0.2, -0.15) is 0 Å². The van der Waals surface area contributed by atoms with E-state index >= 15 is 0 Å². The lowest BCUT2D eigenvalue weighted by Crippen LogP contribution is -2.31. The number of hydrogen-bond donors (Lipinski definition) is 1. The van der Waals surface area contributed by atoms with Gasteiger partial charge in [0.2, 0.25) is 5.91 Å². The first-order valence-electron chi connectivity index (χ1n) is 10.5. The number of rotatable bonds is 9. The van der Waals surface area contributed by atoms with Crippen LogP contribution in [0.15, 0.2) is 53.4 Å². The molecule has 1 heterocycles. The van der Waals surface area contributed by atoms with Crippen LogP contribution in [0.3, 0.4) is 0 Å². The lowest BCUT2D eigenvalue weighted by atomic mass is 10.2. The number of carbonyl (C=O) groups is 2. The van der Waals surface area contributed by atoms with Crippen LogP contribution in [0.4, 0.5) is 11.4 Å². The minimum atomic E-state index is -0.174. The van der Waals surface area contributed by atoms with Crippen molar-refractivity contribution in [2.45, 2.75) is 20.3 Å². The van der Waals surface area contributed by atoms with Crippen molar-refractivity contribution >= 4 is 57.6 Å². The Balaban J connectivity index is 1.55. The zero-order chi connectivity index (χ0) is 23.1. The molecular formula is C24H27N3O3S2. The Hall–Kier alpha value is -2.84. The Bertz CT molecular complexity index is 1000. The van der Waals surface area contributed by atoms with E-state index in [2.05, 4.69) is 24.1 Å². The van der Waals surface area contributed by atoms with Gasteiger partial charge < -0.3 is 15.0 Å². The summed E-state index contributed by atoms with van der Waals surface area (Å²) in [6.07, 6.45) is 1.97. The molecule has 0 unspecified atom stereocenters. The van der Waals surface area contributed by atoms with E-state index in [0.29, 0.717) is 9.23 Å². The van der Waals surface area contributed by atoms with Crippen LogP contribution in [0.1, 0.15) is 25.8 Å². The molecule has 0 aliphatic carbocycles. The number of thiocarbonyl (C=S) groups is 1. The molecule has 1 saturated heterocycles. The zero-order valence-electron chi connectivity index (χ0n) is 18.5. The van der Waals surface area contributed by atoms with Gasteiger partial charge in [-0.3, -0.25) is 14.5 Å². The number of thioether (sulfide) groups is 1. The van der Waals surface area contributed by atoms with E-state index in [4.69, 9.17) is 17.0 Å². The molecule has 2 amide bonds. The van der Waals surface area contributed by atoms with Crippen LogP contribution >= 0.6 is 24.0 Å². The van der Waals surface area contributed by atoms with Crippen LogP contribution in [0, 0.1) is 0 Å². The van der Waals surface area contributed by atoms with Gasteiger partial charge in [-0.25, -0.2) is 0 Å². The Morgan fingerprint density at radius 3 is 2.38 bits per heavy atom. The molecular weight excluding hydrogens is 442 g/mol. The van der Waals surface area contributed by atoms with E-state index in [9.17, 15) is 9.59 Å². The molecule has 1 N–H and O–H groups in total. The van der Waals surface area contributed by atoms with Gasteiger partial charge >= 0.3 is 0 Å². The second-order valence-electron chi connectivity index (χ2n) is 7.12. The van der Waals surface area contributed by atoms with Gasteiger partial charge in [-0.15, -0.1) is 0 Å². The third-order valence-corrected chi connectivity index (χ3v) is 6.51. The summed E-state index contributed by atoms with van der Waals surface area (Å²) in [6, 6.07) is 15.2. The highest BCUT2D eigenvalue weighted by molar-refractivity contribution is 8.26. The van der Waals surface area contributed by atoms with Gasteiger partial charge in [0.1, 0.15) is 10.1 Å². The summed E-state index contributed by atoms with van der Waals surface area (Å²) in [5.41, 5.74) is 2.74. The predicted molar refractivity (Wildman–Crippen MR) is 136 cm³/mol. The summed E-state index contributed by atoms with van der Waals surface area (Å²) in [4.78, 5) is 29.4. The number of hydrogen-bond acceptors (Lipinski definition) is 6. The monoisotopic (exact) mass is 469 g/mol. The number of methoxy groups -OCH3 is 1. The Morgan fingerprint density at radius 2 is 1.78 bits per heavy atom. The molecule has 0 bridgehead atoms. The minimum absolute atomic E-state index is 0.159. The maximum Gasteiger partial charge on any atom is 0.266 e. The fourth-order valence-electron chi connectivity index (χ4n) is 3.33. The highest BCUT2D eigenvalue weighted by atomic mass is 32.2. The van der Waals surface area contributed by atoms with Crippen molar-refractivity contribution in [3.63, 3.8) is 0 Å². The average molecular weight is 470 g/mol. The first-order chi connectivity index (χ1) is 15.4. The maximum atomic E-state index is 12.8. The highest BCUT2D eigenvalue weighted by Gasteiger charge is 2.32. The fraction of sp³-hybridized carbons (Fsp3) is 0.292. The summed E-state index contributed by atoms with van der Waals surface area (Å²) >= 11 is 6.62. The predicted octanol–water partition coefficient (Wildman–Crippen LogP) is 4.77. The van der Waals surface area contributed by atoms with Crippen LogP contribution in [0.2, 0.25) is 0 Å². The van der Waals surface area contributed by atoms with E-state index in [1.54, 1.807) is 13.2 Å². The van der Waals surface area contributed by atoms with Crippen LogP contribution < -0.4 is 15.0 Å². The molecule has 2 aromatic carbocycles. The van der Waals surface area contributed by atoms with Gasteiger partial charge in [0, 0.05) is 37.4 Å². The number of anilines is 2. The molecule has 0 spiro atoms. The maximum absolute atomic E-state index is 12.8. The molecule has 1 fully saturated rings. The quantitative estimate of drug-likeness (QED) is 0.422. The number of benzene rings is 2. The van der Waals surface area contributed by atoms with Crippen molar-refractivity contribution < 1.29 is 14.3 Å². The summed E-state index contributed by atoms with van der Waals surface area (Å²) < 4.78 is 5.62. The van der Waals surface area contributed by atoms with Crippen molar-refractivity contribution in [1.29, 1.82) is 0 Å². The Kier molecular flexibility index (Phi) is 8.30. The molecule has 168 valence electrons. The SMILES string of the molecule is CCN(CC)c1ccc(NC(=O)CCN2C(=O)/C(=C/c3ccc(OC)cc3)SC2=S)cc1. The second kappa shape index (κ2) is 11.2. The van der Waals surface area contributed by atoms with Crippen LogP contribution in [0.25, 0.3) is 6.08 Å². The normalized spacial score (nSPS) is 14.7. The Labute approximate surface area is 198 Å². The number of ether oxygens (including phenoxy) is 1. The molecule has 0 atom stereocenters.